The van der Waals surface area contributed by atoms with E-state index >= 15 is 0 Å². The zero-order valence-electron chi connectivity index (χ0n) is 19.9. The number of amides is 3. The summed E-state index contributed by atoms with van der Waals surface area (Å²) in [4.78, 5) is 40.4. The predicted octanol–water partition coefficient (Wildman–Crippen LogP) is 3.48. The summed E-state index contributed by atoms with van der Waals surface area (Å²) < 4.78 is 17.9. The Morgan fingerprint density at radius 2 is 1.77 bits per heavy atom. The van der Waals surface area contributed by atoms with Crippen molar-refractivity contribution in [1.82, 2.24) is 14.8 Å². The van der Waals surface area contributed by atoms with Gasteiger partial charge in [0, 0.05) is 22.6 Å². The molecule has 0 aliphatic carbocycles. The van der Waals surface area contributed by atoms with Crippen LogP contribution >= 0.6 is 0 Å². The predicted molar refractivity (Wildman–Crippen MR) is 126 cm³/mol. The Bertz CT molecular complexity index is 1360. The highest BCUT2D eigenvalue weighted by Crippen LogP contribution is 2.38. The number of urea groups is 1. The second kappa shape index (κ2) is 8.19. The van der Waals surface area contributed by atoms with E-state index in [9.17, 15) is 14.4 Å². The van der Waals surface area contributed by atoms with Crippen LogP contribution < -0.4 is 19.5 Å². The summed E-state index contributed by atoms with van der Waals surface area (Å²) in [6.45, 7) is 5.10. The molecule has 0 saturated carbocycles. The van der Waals surface area contributed by atoms with E-state index in [1.807, 2.05) is 42.7 Å². The van der Waals surface area contributed by atoms with Crippen LogP contribution in [0, 0.1) is 13.8 Å². The first kappa shape index (κ1) is 22.5. The Hall–Kier alpha value is -4.27. The summed E-state index contributed by atoms with van der Waals surface area (Å²) in [5.74, 6) is 0.992. The lowest BCUT2D eigenvalue weighted by Crippen LogP contribution is -2.41. The van der Waals surface area contributed by atoms with Gasteiger partial charge in [-0.15, -0.1) is 0 Å². The lowest BCUT2D eigenvalue weighted by Gasteiger charge is -2.22. The SMILES string of the molecule is COc1ccc(-n2c(C)cc(C(=O)CN3C(=O)NC(C)(c4ccc5c(c4)OCO5)C3=O)c2C)cc1. The highest BCUT2D eigenvalue weighted by atomic mass is 16.7. The van der Waals surface area contributed by atoms with Gasteiger partial charge in [0.1, 0.15) is 11.3 Å². The number of carbonyl (C=O) groups excluding carboxylic acids is 3. The number of aromatic nitrogens is 1. The maximum atomic E-state index is 13.3. The number of carbonyl (C=O) groups is 3. The number of methoxy groups -OCH3 is 1. The summed E-state index contributed by atoms with van der Waals surface area (Å²) in [5, 5.41) is 2.73. The molecule has 0 radical (unpaired) electrons. The zero-order chi connectivity index (χ0) is 24.9. The smallest absolute Gasteiger partial charge is 0.325 e. The molecule has 1 saturated heterocycles. The molecule has 3 heterocycles. The van der Waals surface area contributed by atoms with E-state index in [1.54, 1.807) is 38.3 Å². The fourth-order valence-electron chi connectivity index (χ4n) is 4.65. The minimum absolute atomic E-state index is 0.103. The van der Waals surface area contributed by atoms with Crippen molar-refractivity contribution in [1.29, 1.82) is 0 Å². The molecule has 0 spiro atoms. The number of Topliss-reactive ketones (excluding diaryl/α,β-unsaturated/α-hetero) is 1. The van der Waals surface area contributed by atoms with Gasteiger partial charge in [0.25, 0.3) is 5.91 Å². The maximum absolute atomic E-state index is 13.3. The molecular weight excluding hydrogens is 450 g/mol. The first-order chi connectivity index (χ1) is 16.7. The minimum atomic E-state index is -1.32. The van der Waals surface area contributed by atoms with Gasteiger partial charge in [-0.3, -0.25) is 14.5 Å². The van der Waals surface area contributed by atoms with Crippen molar-refractivity contribution in [3.63, 3.8) is 0 Å². The molecule has 9 nitrogen and oxygen atoms in total. The monoisotopic (exact) mass is 475 g/mol. The number of ketones is 1. The number of rotatable bonds is 6. The van der Waals surface area contributed by atoms with Gasteiger partial charge in [-0.2, -0.15) is 0 Å². The van der Waals surface area contributed by atoms with Crippen molar-refractivity contribution in [2.45, 2.75) is 26.3 Å². The van der Waals surface area contributed by atoms with Crippen molar-refractivity contribution in [2.75, 3.05) is 20.4 Å². The molecule has 1 aromatic heterocycles. The Morgan fingerprint density at radius 1 is 1.06 bits per heavy atom. The van der Waals surface area contributed by atoms with Gasteiger partial charge in [-0.25, -0.2) is 4.79 Å². The topological polar surface area (TPSA) is 99.1 Å². The van der Waals surface area contributed by atoms with Crippen LogP contribution in [0.25, 0.3) is 5.69 Å². The fraction of sp³-hybridized carbons (Fsp3) is 0.269. The molecule has 2 aliphatic heterocycles. The Kier molecular flexibility index (Phi) is 5.27. The van der Waals surface area contributed by atoms with E-state index in [0.717, 1.165) is 27.7 Å². The summed E-state index contributed by atoms with van der Waals surface area (Å²) in [6.07, 6.45) is 0. The van der Waals surface area contributed by atoms with Crippen molar-refractivity contribution in [3.8, 4) is 22.9 Å². The standard InChI is InChI=1S/C26H25N3O6/c1-15-11-20(16(2)29(15)18-6-8-19(33-4)9-7-18)21(30)13-28-24(31)26(3,27-25(28)32)17-5-10-22-23(12-17)35-14-34-22/h5-12H,13-14H2,1-4H3,(H,27,32). The molecule has 3 amide bonds. The second-order valence-electron chi connectivity index (χ2n) is 8.76. The molecule has 1 unspecified atom stereocenters. The summed E-state index contributed by atoms with van der Waals surface area (Å²) >= 11 is 0. The third-order valence-electron chi connectivity index (χ3n) is 6.59. The molecule has 9 heteroatoms. The Labute approximate surface area is 202 Å². The van der Waals surface area contributed by atoms with Crippen LogP contribution in [0.1, 0.15) is 34.2 Å². The third kappa shape index (κ3) is 3.60. The average Bonchev–Trinajstić information content (AvgIpc) is 3.50. The number of aryl methyl sites for hydroxylation is 1. The van der Waals surface area contributed by atoms with Gasteiger partial charge in [0.05, 0.1) is 13.7 Å². The number of nitrogens with one attached hydrogen (secondary N) is 1. The molecule has 1 atom stereocenters. The molecule has 2 aromatic carbocycles. The normalized spacial score (nSPS) is 18.7. The van der Waals surface area contributed by atoms with E-state index in [2.05, 4.69) is 5.32 Å². The highest BCUT2D eigenvalue weighted by molar-refractivity contribution is 6.11. The fourth-order valence-corrected chi connectivity index (χ4v) is 4.65. The number of fused-ring (bicyclic) bond motifs is 1. The average molecular weight is 476 g/mol. The third-order valence-corrected chi connectivity index (χ3v) is 6.59. The van der Waals surface area contributed by atoms with Crippen molar-refractivity contribution < 1.29 is 28.6 Å². The first-order valence-corrected chi connectivity index (χ1v) is 11.1. The van der Waals surface area contributed by atoms with Gasteiger partial charge < -0.3 is 24.1 Å². The van der Waals surface area contributed by atoms with Crippen LogP contribution in [0.2, 0.25) is 0 Å². The molecule has 3 aromatic rings. The van der Waals surface area contributed by atoms with Gasteiger partial charge in [-0.05, 0) is 68.8 Å². The molecule has 180 valence electrons. The molecule has 0 bridgehead atoms. The number of benzene rings is 2. The quantitative estimate of drug-likeness (QED) is 0.433. The Balaban J connectivity index is 1.39. The van der Waals surface area contributed by atoms with E-state index in [4.69, 9.17) is 14.2 Å². The van der Waals surface area contributed by atoms with Crippen LogP contribution in [-0.2, 0) is 10.3 Å². The lowest BCUT2D eigenvalue weighted by molar-refractivity contribution is -0.130. The molecule has 2 aliphatic rings. The summed E-state index contributed by atoms with van der Waals surface area (Å²) in [6, 6.07) is 13.7. The van der Waals surface area contributed by atoms with Crippen LogP contribution in [0.3, 0.4) is 0 Å². The van der Waals surface area contributed by atoms with E-state index in [0.29, 0.717) is 22.6 Å². The second-order valence-corrected chi connectivity index (χ2v) is 8.76. The van der Waals surface area contributed by atoms with E-state index in [1.165, 1.54) is 0 Å². The number of ether oxygens (including phenoxy) is 3. The minimum Gasteiger partial charge on any atom is -0.497 e. The van der Waals surface area contributed by atoms with E-state index in [-0.39, 0.29) is 19.1 Å². The van der Waals surface area contributed by atoms with Gasteiger partial charge in [0.15, 0.2) is 17.3 Å². The van der Waals surface area contributed by atoms with Crippen molar-refractivity contribution >= 4 is 17.7 Å². The number of nitrogens with zero attached hydrogens (tertiary/aromatic N) is 2. The first-order valence-electron chi connectivity index (χ1n) is 11.1. The highest BCUT2D eigenvalue weighted by Gasteiger charge is 2.50. The summed E-state index contributed by atoms with van der Waals surface area (Å²) in [5.41, 5.74) is 2.15. The van der Waals surface area contributed by atoms with Crippen molar-refractivity contribution in [2.24, 2.45) is 0 Å². The molecule has 1 N–H and O–H groups in total. The van der Waals surface area contributed by atoms with Crippen LogP contribution in [-0.4, -0.2) is 47.6 Å². The zero-order valence-corrected chi connectivity index (χ0v) is 19.9. The van der Waals surface area contributed by atoms with Gasteiger partial charge in [-0.1, -0.05) is 6.07 Å². The van der Waals surface area contributed by atoms with Crippen LogP contribution in [0.5, 0.6) is 17.2 Å². The number of hydrogen-bond donors (Lipinski definition) is 1. The van der Waals surface area contributed by atoms with Gasteiger partial charge in [0.2, 0.25) is 6.79 Å². The summed E-state index contributed by atoms with van der Waals surface area (Å²) in [7, 11) is 1.60. The number of imide groups is 1. The van der Waals surface area contributed by atoms with E-state index < -0.39 is 17.5 Å². The lowest BCUT2D eigenvalue weighted by atomic mass is 9.91. The number of hydrogen-bond acceptors (Lipinski definition) is 6. The molecular formula is C26H25N3O6. The Morgan fingerprint density at radius 3 is 2.49 bits per heavy atom. The molecule has 5 rings (SSSR count). The largest absolute Gasteiger partial charge is 0.497 e. The van der Waals surface area contributed by atoms with Crippen LogP contribution in [0.15, 0.2) is 48.5 Å². The van der Waals surface area contributed by atoms with Gasteiger partial charge >= 0.3 is 6.03 Å². The maximum Gasteiger partial charge on any atom is 0.325 e. The van der Waals surface area contributed by atoms with Crippen LogP contribution in [0.4, 0.5) is 4.79 Å². The van der Waals surface area contributed by atoms with Crippen molar-refractivity contribution in [3.05, 3.63) is 71.0 Å². The molecule has 1 fully saturated rings. The molecule has 35 heavy (non-hydrogen) atoms.